The van der Waals surface area contributed by atoms with Crippen molar-refractivity contribution in [2.24, 2.45) is 0 Å². The molecule has 0 aromatic heterocycles. The molecule has 0 fully saturated rings. The molecule has 1 N–H and O–H groups in total. The summed E-state index contributed by atoms with van der Waals surface area (Å²) < 4.78 is 18.1. The van der Waals surface area contributed by atoms with Crippen LogP contribution in [0.3, 0.4) is 0 Å². The highest BCUT2D eigenvalue weighted by atomic mass is 19.1. The Bertz CT molecular complexity index is 668. The molecule has 4 nitrogen and oxygen atoms in total. The van der Waals surface area contributed by atoms with E-state index in [1.54, 1.807) is 18.2 Å². The van der Waals surface area contributed by atoms with Gasteiger partial charge in [-0.2, -0.15) is 0 Å². The lowest BCUT2D eigenvalue weighted by molar-refractivity contribution is -0.135. The molecule has 0 radical (unpaired) electrons. The normalized spacial score (nSPS) is 10.1. The summed E-state index contributed by atoms with van der Waals surface area (Å²) in [4.78, 5) is 23.3. The summed E-state index contributed by atoms with van der Waals surface area (Å²) in [7, 11) is 0. The molecule has 5 heteroatoms. The van der Waals surface area contributed by atoms with E-state index in [9.17, 15) is 14.0 Å². The van der Waals surface area contributed by atoms with Gasteiger partial charge in [0.2, 0.25) is 5.91 Å². The maximum Gasteiger partial charge on any atom is 0.330 e. The number of halogens is 1. The van der Waals surface area contributed by atoms with Gasteiger partial charge in [-0.15, -0.1) is 0 Å². The number of rotatable bonds is 5. The van der Waals surface area contributed by atoms with Crippen molar-refractivity contribution in [2.75, 3.05) is 6.54 Å². The van der Waals surface area contributed by atoms with Crippen LogP contribution in [-0.2, 0) is 16.0 Å². The number of nitrogens with one attached hydrogen (secondary N) is 1. The molecule has 0 aliphatic heterocycles. The Morgan fingerprint density at radius 3 is 2.55 bits per heavy atom. The summed E-state index contributed by atoms with van der Waals surface area (Å²) in [5, 5.41) is 2.45. The average Bonchev–Trinajstić information content (AvgIpc) is 2.48. The molecule has 114 valence electrons. The molecular weight excluding hydrogens is 285 g/mol. The summed E-state index contributed by atoms with van der Waals surface area (Å²) in [5.41, 5.74) is 1.60. The zero-order chi connectivity index (χ0) is 15.9. The van der Waals surface area contributed by atoms with E-state index >= 15 is 0 Å². The van der Waals surface area contributed by atoms with E-state index in [0.29, 0.717) is 11.3 Å². The lowest BCUT2D eigenvalue weighted by atomic mass is 10.1. The first-order chi connectivity index (χ1) is 10.5. The number of ether oxygens (including phenoxy) is 1. The topological polar surface area (TPSA) is 55.4 Å². The summed E-state index contributed by atoms with van der Waals surface area (Å²) in [6.07, 6.45) is 0.00950. The van der Waals surface area contributed by atoms with Crippen LogP contribution in [0.4, 0.5) is 4.39 Å². The second-order valence-corrected chi connectivity index (χ2v) is 4.87. The molecule has 0 spiro atoms. The van der Waals surface area contributed by atoms with E-state index in [-0.39, 0.29) is 18.9 Å². The molecule has 2 aromatic rings. The van der Waals surface area contributed by atoms with Crippen LogP contribution < -0.4 is 10.1 Å². The maximum absolute atomic E-state index is 13.0. The molecule has 0 unspecified atom stereocenters. The van der Waals surface area contributed by atoms with Gasteiger partial charge >= 0.3 is 5.97 Å². The maximum atomic E-state index is 13.0. The first-order valence-corrected chi connectivity index (χ1v) is 6.81. The standard InChI is InChI=1S/C17H16FNO3/c1-12-5-7-15(8-6-12)22-17(21)11-19-16(20)10-13-3-2-4-14(18)9-13/h2-9H,10-11H2,1H3,(H,19,20). The van der Waals surface area contributed by atoms with E-state index in [0.717, 1.165) is 5.56 Å². The quantitative estimate of drug-likeness (QED) is 0.681. The van der Waals surface area contributed by atoms with Crippen LogP contribution >= 0.6 is 0 Å². The first-order valence-electron chi connectivity index (χ1n) is 6.81. The Morgan fingerprint density at radius 2 is 1.86 bits per heavy atom. The predicted molar refractivity (Wildman–Crippen MR) is 79.9 cm³/mol. The highest BCUT2D eigenvalue weighted by Gasteiger charge is 2.09. The molecule has 1 amide bonds. The van der Waals surface area contributed by atoms with Gasteiger partial charge in [0, 0.05) is 0 Å². The van der Waals surface area contributed by atoms with Crippen LogP contribution in [-0.4, -0.2) is 18.4 Å². The SMILES string of the molecule is Cc1ccc(OC(=O)CNC(=O)Cc2cccc(F)c2)cc1. The molecule has 2 aromatic carbocycles. The monoisotopic (exact) mass is 301 g/mol. The van der Waals surface area contributed by atoms with Crippen LogP contribution in [0.1, 0.15) is 11.1 Å². The number of esters is 1. The number of carbonyl (C=O) groups is 2. The Balaban J connectivity index is 1.78. The van der Waals surface area contributed by atoms with Gasteiger partial charge in [0.15, 0.2) is 0 Å². The summed E-state index contributed by atoms with van der Waals surface area (Å²) >= 11 is 0. The first kappa shape index (κ1) is 15.7. The number of carbonyl (C=O) groups excluding carboxylic acids is 2. The van der Waals surface area contributed by atoms with Gasteiger partial charge in [-0.3, -0.25) is 4.79 Å². The van der Waals surface area contributed by atoms with Crippen LogP contribution in [0.25, 0.3) is 0 Å². The van der Waals surface area contributed by atoms with Crippen molar-refractivity contribution in [1.29, 1.82) is 0 Å². The smallest absolute Gasteiger partial charge is 0.330 e. The average molecular weight is 301 g/mol. The van der Waals surface area contributed by atoms with Gasteiger partial charge in [0.25, 0.3) is 0 Å². The highest BCUT2D eigenvalue weighted by molar-refractivity contribution is 5.84. The molecule has 0 aliphatic rings. The number of benzene rings is 2. The minimum atomic E-state index is -0.559. The number of hydrogen-bond donors (Lipinski definition) is 1. The highest BCUT2D eigenvalue weighted by Crippen LogP contribution is 2.11. The van der Waals surface area contributed by atoms with Gasteiger partial charge in [-0.05, 0) is 36.8 Å². The lowest BCUT2D eigenvalue weighted by Crippen LogP contribution is -2.32. The van der Waals surface area contributed by atoms with Crippen molar-refractivity contribution in [2.45, 2.75) is 13.3 Å². The second-order valence-electron chi connectivity index (χ2n) is 4.87. The Kier molecular flexibility index (Phi) is 5.25. The Hall–Kier alpha value is -2.69. The predicted octanol–water partition coefficient (Wildman–Crippen LogP) is 2.40. The fourth-order valence-corrected chi connectivity index (χ4v) is 1.84. The minimum absolute atomic E-state index is 0.00950. The molecule has 0 aliphatic carbocycles. The van der Waals surface area contributed by atoms with Gasteiger partial charge < -0.3 is 10.1 Å². The van der Waals surface area contributed by atoms with Gasteiger partial charge in [-0.25, -0.2) is 9.18 Å². The molecule has 0 heterocycles. The lowest BCUT2D eigenvalue weighted by Gasteiger charge is -2.06. The number of amides is 1. The third-order valence-corrected chi connectivity index (χ3v) is 2.94. The van der Waals surface area contributed by atoms with Crippen molar-refractivity contribution in [3.8, 4) is 5.75 Å². The zero-order valence-corrected chi connectivity index (χ0v) is 12.1. The van der Waals surface area contributed by atoms with Crippen LogP contribution in [0.2, 0.25) is 0 Å². The number of aryl methyl sites for hydroxylation is 1. The zero-order valence-electron chi connectivity index (χ0n) is 12.1. The van der Waals surface area contributed by atoms with Crippen LogP contribution in [0, 0.1) is 12.7 Å². The third kappa shape index (κ3) is 5.01. The van der Waals surface area contributed by atoms with Gasteiger partial charge in [-0.1, -0.05) is 29.8 Å². The van der Waals surface area contributed by atoms with Gasteiger partial charge in [0.1, 0.15) is 18.1 Å². The van der Waals surface area contributed by atoms with Crippen molar-refractivity contribution in [3.63, 3.8) is 0 Å². The van der Waals surface area contributed by atoms with Crippen molar-refractivity contribution in [3.05, 3.63) is 65.5 Å². The Morgan fingerprint density at radius 1 is 1.14 bits per heavy atom. The largest absolute Gasteiger partial charge is 0.425 e. The second kappa shape index (κ2) is 7.36. The van der Waals surface area contributed by atoms with Crippen molar-refractivity contribution < 1.29 is 18.7 Å². The fraction of sp³-hybridized carbons (Fsp3) is 0.176. The summed E-state index contributed by atoms with van der Waals surface area (Å²) in [6, 6.07) is 12.8. The van der Waals surface area contributed by atoms with E-state index in [4.69, 9.17) is 4.74 Å². The minimum Gasteiger partial charge on any atom is -0.425 e. The summed E-state index contributed by atoms with van der Waals surface area (Å²) in [6.45, 7) is 1.69. The van der Waals surface area contributed by atoms with Crippen molar-refractivity contribution in [1.82, 2.24) is 5.32 Å². The van der Waals surface area contributed by atoms with E-state index < -0.39 is 11.8 Å². The molecule has 0 bridgehead atoms. The number of hydrogen-bond acceptors (Lipinski definition) is 3. The molecular formula is C17H16FNO3. The van der Waals surface area contributed by atoms with Crippen LogP contribution in [0.15, 0.2) is 48.5 Å². The Labute approximate surface area is 127 Å². The molecule has 0 saturated carbocycles. The molecule has 2 rings (SSSR count). The van der Waals surface area contributed by atoms with E-state index in [1.165, 1.54) is 18.2 Å². The molecule has 0 saturated heterocycles. The van der Waals surface area contributed by atoms with Crippen molar-refractivity contribution >= 4 is 11.9 Å². The van der Waals surface area contributed by atoms with Gasteiger partial charge in [0.05, 0.1) is 6.42 Å². The molecule has 0 atom stereocenters. The third-order valence-electron chi connectivity index (χ3n) is 2.94. The molecule has 22 heavy (non-hydrogen) atoms. The van der Waals surface area contributed by atoms with Crippen LogP contribution in [0.5, 0.6) is 5.75 Å². The summed E-state index contributed by atoms with van der Waals surface area (Å²) in [5.74, 6) is -0.901. The van der Waals surface area contributed by atoms with E-state index in [2.05, 4.69) is 5.32 Å². The van der Waals surface area contributed by atoms with E-state index in [1.807, 2.05) is 19.1 Å². The fourth-order valence-electron chi connectivity index (χ4n) is 1.84.